The molecule has 0 aromatic rings. The molecule has 1 heterocycles. The second-order valence-electron chi connectivity index (χ2n) is 5.04. The summed E-state index contributed by atoms with van der Waals surface area (Å²) in [5.74, 6) is 0. The Morgan fingerprint density at radius 1 is 1.46 bits per heavy atom. The van der Waals surface area contributed by atoms with Crippen LogP contribution in [0.1, 0.15) is 41.0 Å². The molecular weight excluding hydrogens is 160 g/mol. The van der Waals surface area contributed by atoms with Gasteiger partial charge in [0.2, 0.25) is 0 Å². The maximum Gasteiger partial charge on any atom is 0.0281 e. The SMILES string of the molecule is CCC1CN(C(C)C)C(C)(C)CN1. The molecule has 2 nitrogen and oxygen atoms in total. The second kappa shape index (κ2) is 3.97. The lowest BCUT2D eigenvalue weighted by Crippen LogP contribution is -2.63. The van der Waals surface area contributed by atoms with Crippen molar-refractivity contribution >= 4 is 0 Å². The molecule has 13 heavy (non-hydrogen) atoms. The third-order valence-corrected chi connectivity index (χ3v) is 3.13. The van der Waals surface area contributed by atoms with E-state index in [0.717, 1.165) is 6.54 Å². The standard InChI is InChI=1S/C11H24N2/c1-6-10-7-13(9(2)3)11(4,5)8-12-10/h9-10,12H,6-8H2,1-5H3. The Bertz CT molecular complexity index is 163. The molecule has 1 aliphatic heterocycles. The molecule has 0 bridgehead atoms. The topological polar surface area (TPSA) is 15.3 Å². The van der Waals surface area contributed by atoms with E-state index < -0.39 is 0 Å². The van der Waals surface area contributed by atoms with Crippen molar-refractivity contribution in [2.75, 3.05) is 13.1 Å². The lowest BCUT2D eigenvalue weighted by Gasteiger charge is -2.48. The summed E-state index contributed by atoms with van der Waals surface area (Å²) >= 11 is 0. The highest BCUT2D eigenvalue weighted by Crippen LogP contribution is 2.21. The van der Waals surface area contributed by atoms with Crippen LogP contribution in [0.25, 0.3) is 0 Å². The second-order valence-corrected chi connectivity index (χ2v) is 5.04. The Balaban J connectivity index is 2.64. The Morgan fingerprint density at radius 3 is 2.54 bits per heavy atom. The molecule has 1 rings (SSSR count). The molecule has 0 aromatic carbocycles. The van der Waals surface area contributed by atoms with Crippen molar-refractivity contribution < 1.29 is 0 Å². The fourth-order valence-corrected chi connectivity index (χ4v) is 2.23. The van der Waals surface area contributed by atoms with E-state index in [1.807, 2.05) is 0 Å². The summed E-state index contributed by atoms with van der Waals surface area (Å²) in [6.07, 6.45) is 1.24. The number of hydrogen-bond donors (Lipinski definition) is 1. The van der Waals surface area contributed by atoms with E-state index in [-0.39, 0.29) is 0 Å². The van der Waals surface area contributed by atoms with Crippen LogP contribution >= 0.6 is 0 Å². The van der Waals surface area contributed by atoms with Gasteiger partial charge in [-0.15, -0.1) is 0 Å². The molecule has 1 unspecified atom stereocenters. The van der Waals surface area contributed by atoms with Crippen LogP contribution in [0.5, 0.6) is 0 Å². The van der Waals surface area contributed by atoms with Crippen molar-refractivity contribution in [2.45, 2.75) is 58.7 Å². The predicted molar refractivity (Wildman–Crippen MR) is 58.0 cm³/mol. The molecule has 0 aliphatic carbocycles. The predicted octanol–water partition coefficient (Wildman–Crippen LogP) is 1.86. The van der Waals surface area contributed by atoms with E-state index in [0.29, 0.717) is 17.6 Å². The average Bonchev–Trinajstić information content (AvgIpc) is 2.03. The van der Waals surface area contributed by atoms with E-state index in [4.69, 9.17) is 0 Å². The van der Waals surface area contributed by atoms with Gasteiger partial charge in [0.25, 0.3) is 0 Å². The van der Waals surface area contributed by atoms with Gasteiger partial charge in [-0.25, -0.2) is 0 Å². The van der Waals surface area contributed by atoms with Crippen LogP contribution in [0.3, 0.4) is 0 Å². The van der Waals surface area contributed by atoms with E-state index in [1.54, 1.807) is 0 Å². The lowest BCUT2D eigenvalue weighted by atomic mass is 9.95. The first-order valence-corrected chi connectivity index (χ1v) is 5.47. The van der Waals surface area contributed by atoms with Gasteiger partial charge in [0.15, 0.2) is 0 Å². The van der Waals surface area contributed by atoms with Crippen molar-refractivity contribution in [1.82, 2.24) is 10.2 Å². The van der Waals surface area contributed by atoms with Crippen molar-refractivity contribution in [3.63, 3.8) is 0 Å². The molecule has 1 saturated heterocycles. The highest BCUT2D eigenvalue weighted by atomic mass is 15.3. The average molecular weight is 184 g/mol. The number of nitrogens with one attached hydrogen (secondary N) is 1. The van der Waals surface area contributed by atoms with Gasteiger partial charge in [-0.1, -0.05) is 6.92 Å². The largest absolute Gasteiger partial charge is 0.311 e. The quantitative estimate of drug-likeness (QED) is 0.704. The first-order valence-electron chi connectivity index (χ1n) is 5.47. The Morgan fingerprint density at radius 2 is 2.08 bits per heavy atom. The molecule has 78 valence electrons. The summed E-state index contributed by atoms with van der Waals surface area (Å²) in [5, 5.41) is 3.60. The summed E-state index contributed by atoms with van der Waals surface area (Å²) in [7, 11) is 0. The third-order valence-electron chi connectivity index (χ3n) is 3.13. The Kier molecular flexibility index (Phi) is 3.36. The van der Waals surface area contributed by atoms with Crippen molar-refractivity contribution in [3.05, 3.63) is 0 Å². The van der Waals surface area contributed by atoms with Gasteiger partial charge in [-0.3, -0.25) is 4.90 Å². The number of hydrogen-bond acceptors (Lipinski definition) is 2. The van der Waals surface area contributed by atoms with Crippen molar-refractivity contribution in [2.24, 2.45) is 0 Å². The summed E-state index contributed by atoms with van der Waals surface area (Å²) < 4.78 is 0. The van der Waals surface area contributed by atoms with Gasteiger partial charge in [0.05, 0.1) is 0 Å². The highest BCUT2D eigenvalue weighted by molar-refractivity contribution is 4.93. The van der Waals surface area contributed by atoms with Gasteiger partial charge in [0, 0.05) is 30.7 Å². The number of piperazine rings is 1. The zero-order valence-electron chi connectivity index (χ0n) is 9.72. The zero-order valence-corrected chi connectivity index (χ0v) is 9.72. The van der Waals surface area contributed by atoms with E-state index >= 15 is 0 Å². The van der Waals surface area contributed by atoms with Crippen LogP contribution in [0.2, 0.25) is 0 Å². The first kappa shape index (κ1) is 11.0. The lowest BCUT2D eigenvalue weighted by molar-refractivity contribution is 0.0371. The van der Waals surface area contributed by atoms with Crippen LogP contribution < -0.4 is 5.32 Å². The van der Waals surface area contributed by atoms with Crippen LogP contribution in [0.15, 0.2) is 0 Å². The monoisotopic (exact) mass is 184 g/mol. The first-order chi connectivity index (χ1) is 5.97. The summed E-state index contributed by atoms with van der Waals surface area (Å²) in [5.41, 5.74) is 0.319. The molecule has 0 amide bonds. The number of rotatable bonds is 2. The molecule has 1 fully saturated rings. The van der Waals surface area contributed by atoms with Crippen LogP contribution in [-0.4, -0.2) is 35.6 Å². The maximum atomic E-state index is 3.60. The smallest absolute Gasteiger partial charge is 0.0281 e. The summed E-state index contributed by atoms with van der Waals surface area (Å²) in [6.45, 7) is 13.8. The molecule has 2 heteroatoms. The van der Waals surface area contributed by atoms with Crippen LogP contribution in [0.4, 0.5) is 0 Å². The molecule has 0 spiro atoms. The molecule has 1 N–H and O–H groups in total. The van der Waals surface area contributed by atoms with Gasteiger partial charge in [-0.2, -0.15) is 0 Å². The van der Waals surface area contributed by atoms with E-state index in [2.05, 4.69) is 44.8 Å². The van der Waals surface area contributed by atoms with E-state index in [9.17, 15) is 0 Å². The summed E-state index contributed by atoms with van der Waals surface area (Å²) in [6, 6.07) is 1.35. The van der Waals surface area contributed by atoms with Crippen LogP contribution in [0, 0.1) is 0 Å². The zero-order chi connectivity index (χ0) is 10.1. The minimum absolute atomic E-state index is 0.319. The van der Waals surface area contributed by atoms with E-state index in [1.165, 1.54) is 13.0 Å². The Hall–Kier alpha value is -0.0800. The minimum atomic E-state index is 0.319. The Labute approximate surface area is 82.7 Å². The van der Waals surface area contributed by atoms with Gasteiger partial charge >= 0.3 is 0 Å². The molecule has 0 aromatic heterocycles. The highest BCUT2D eigenvalue weighted by Gasteiger charge is 2.34. The van der Waals surface area contributed by atoms with Gasteiger partial charge < -0.3 is 5.32 Å². The molecule has 1 atom stereocenters. The van der Waals surface area contributed by atoms with Gasteiger partial charge in [-0.05, 0) is 34.1 Å². The molecule has 1 aliphatic rings. The fraction of sp³-hybridized carbons (Fsp3) is 1.00. The molecule has 0 radical (unpaired) electrons. The minimum Gasteiger partial charge on any atom is -0.311 e. The normalized spacial score (nSPS) is 29.5. The van der Waals surface area contributed by atoms with Crippen molar-refractivity contribution in [1.29, 1.82) is 0 Å². The molecule has 0 saturated carbocycles. The number of nitrogens with zero attached hydrogens (tertiary/aromatic N) is 1. The van der Waals surface area contributed by atoms with Crippen molar-refractivity contribution in [3.8, 4) is 0 Å². The molecular formula is C11H24N2. The van der Waals surface area contributed by atoms with Crippen LogP contribution in [-0.2, 0) is 0 Å². The van der Waals surface area contributed by atoms with Gasteiger partial charge in [0.1, 0.15) is 0 Å². The fourth-order valence-electron chi connectivity index (χ4n) is 2.23. The summed E-state index contributed by atoms with van der Waals surface area (Å²) in [4.78, 5) is 2.61. The maximum absolute atomic E-state index is 3.60. The third kappa shape index (κ3) is 2.44.